The van der Waals surface area contributed by atoms with Crippen molar-refractivity contribution >= 4 is 5.91 Å². The molecule has 5 nitrogen and oxygen atoms in total. The van der Waals surface area contributed by atoms with Crippen molar-refractivity contribution in [1.82, 2.24) is 10.3 Å². The highest BCUT2D eigenvalue weighted by molar-refractivity contribution is 5.94. The van der Waals surface area contributed by atoms with Gasteiger partial charge in [-0.1, -0.05) is 19.8 Å². The molecule has 3 N–H and O–H groups in total. The largest absolute Gasteiger partial charge is 0.467 e. The number of nitrogen functional groups attached to an aromatic ring is 1. The second kappa shape index (κ2) is 7.09. The Hall–Kier alpha value is -1.33. The second-order valence-electron chi connectivity index (χ2n) is 4.18. The fraction of sp³-hybridized carbons (Fsp3) is 0.583. The number of nitrogens with zero attached hydrogens (tertiary/aromatic N) is 1. The number of carbonyl (C=O) groups excluding carboxylic acids is 1. The van der Waals surface area contributed by atoms with Crippen molar-refractivity contribution in [2.45, 2.75) is 32.7 Å². The van der Waals surface area contributed by atoms with Crippen LogP contribution >= 0.6 is 0 Å². The molecule has 0 aliphatic heterocycles. The molecule has 0 aromatic carbocycles. The van der Waals surface area contributed by atoms with Crippen LogP contribution < -0.4 is 11.3 Å². The van der Waals surface area contributed by atoms with Gasteiger partial charge in [0.15, 0.2) is 0 Å². The molecule has 1 aromatic heterocycles. The van der Waals surface area contributed by atoms with Gasteiger partial charge in [-0.25, -0.2) is 5.84 Å². The van der Waals surface area contributed by atoms with E-state index in [2.05, 4.69) is 17.2 Å². The average molecular weight is 239 g/mol. The van der Waals surface area contributed by atoms with Gasteiger partial charge in [0.2, 0.25) is 0 Å². The number of unbranched alkanes of at least 4 members (excludes halogenated alkanes) is 2. The van der Waals surface area contributed by atoms with Crippen LogP contribution in [-0.4, -0.2) is 24.4 Å². The summed E-state index contributed by atoms with van der Waals surface area (Å²) < 4.78 is 5.31. The number of furan rings is 1. The van der Waals surface area contributed by atoms with Crippen LogP contribution in [-0.2, 0) is 6.54 Å². The molecule has 5 heteroatoms. The van der Waals surface area contributed by atoms with Crippen LogP contribution in [0.1, 0.15) is 42.3 Å². The molecule has 0 radical (unpaired) electrons. The summed E-state index contributed by atoms with van der Waals surface area (Å²) in [5.41, 5.74) is 2.62. The summed E-state index contributed by atoms with van der Waals surface area (Å²) in [5.74, 6) is 5.46. The zero-order chi connectivity index (χ0) is 12.7. The number of nitrogens with two attached hydrogens (primary N) is 1. The minimum atomic E-state index is -0.310. The summed E-state index contributed by atoms with van der Waals surface area (Å²) >= 11 is 0. The van der Waals surface area contributed by atoms with Gasteiger partial charge in [0.1, 0.15) is 5.76 Å². The molecule has 0 bridgehead atoms. The van der Waals surface area contributed by atoms with E-state index in [1.165, 1.54) is 19.1 Å². The van der Waals surface area contributed by atoms with Gasteiger partial charge in [-0.15, -0.1) is 0 Å². The molecule has 1 heterocycles. The van der Waals surface area contributed by atoms with Crippen LogP contribution in [0.25, 0.3) is 0 Å². The normalized spacial score (nSPS) is 10.8. The maximum absolute atomic E-state index is 11.4. The molecule has 0 aliphatic rings. The van der Waals surface area contributed by atoms with Crippen molar-refractivity contribution < 1.29 is 9.21 Å². The Morgan fingerprint density at radius 1 is 1.53 bits per heavy atom. The highest BCUT2D eigenvalue weighted by Gasteiger charge is 2.14. The van der Waals surface area contributed by atoms with E-state index in [4.69, 9.17) is 10.3 Å². The third-order valence-corrected chi connectivity index (χ3v) is 2.68. The predicted octanol–water partition coefficient (Wildman–Crippen LogP) is 1.51. The Morgan fingerprint density at radius 2 is 2.29 bits per heavy atom. The van der Waals surface area contributed by atoms with E-state index >= 15 is 0 Å². The van der Waals surface area contributed by atoms with Gasteiger partial charge < -0.3 is 4.42 Å². The first-order valence-corrected chi connectivity index (χ1v) is 5.94. The van der Waals surface area contributed by atoms with E-state index in [1.54, 1.807) is 6.07 Å². The van der Waals surface area contributed by atoms with Crippen molar-refractivity contribution in [3.63, 3.8) is 0 Å². The van der Waals surface area contributed by atoms with Gasteiger partial charge in [0.25, 0.3) is 5.91 Å². The van der Waals surface area contributed by atoms with Gasteiger partial charge in [0.05, 0.1) is 18.4 Å². The summed E-state index contributed by atoms with van der Waals surface area (Å²) in [6.07, 6.45) is 5.10. The van der Waals surface area contributed by atoms with Crippen LogP contribution in [0.2, 0.25) is 0 Å². The van der Waals surface area contributed by atoms with Gasteiger partial charge in [-0.3, -0.25) is 15.1 Å². The van der Waals surface area contributed by atoms with E-state index in [1.807, 2.05) is 7.05 Å². The predicted molar refractivity (Wildman–Crippen MR) is 66.2 cm³/mol. The van der Waals surface area contributed by atoms with Gasteiger partial charge in [0, 0.05) is 0 Å². The lowest BCUT2D eigenvalue weighted by atomic mass is 10.2. The topological polar surface area (TPSA) is 71.5 Å². The maximum atomic E-state index is 11.4. The first-order chi connectivity index (χ1) is 8.19. The molecule has 1 aromatic rings. The molecule has 0 spiro atoms. The molecule has 0 unspecified atom stereocenters. The van der Waals surface area contributed by atoms with Crippen molar-refractivity contribution in [2.24, 2.45) is 5.84 Å². The third kappa shape index (κ3) is 4.20. The standard InChI is InChI=1S/C12H21N3O2/c1-3-4-5-7-15(2)9-11-10(6-8-17-11)12(16)14-13/h6,8H,3-5,7,9,13H2,1-2H3,(H,14,16). The fourth-order valence-electron chi connectivity index (χ4n) is 1.70. The number of hydrogen-bond acceptors (Lipinski definition) is 4. The van der Waals surface area contributed by atoms with Crippen LogP contribution in [0.3, 0.4) is 0 Å². The third-order valence-electron chi connectivity index (χ3n) is 2.68. The monoisotopic (exact) mass is 239 g/mol. The lowest BCUT2D eigenvalue weighted by molar-refractivity contribution is 0.0950. The number of hydrogen-bond donors (Lipinski definition) is 2. The van der Waals surface area contributed by atoms with Gasteiger partial charge in [-0.05, 0) is 26.1 Å². The Bertz CT molecular complexity index is 349. The Morgan fingerprint density at radius 3 is 2.94 bits per heavy atom. The molecule has 17 heavy (non-hydrogen) atoms. The molecule has 0 atom stereocenters. The van der Waals surface area contributed by atoms with Crippen LogP contribution in [0.4, 0.5) is 0 Å². The van der Waals surface area contributed by atoms with E-state index in [-0.39, 0.29) is 5.91 Å². The maximum Gasteiger partial charge on any atom is 0.268 e. The quantitative estimate of drug-likeness (QED) is 0.327. The Labute approximate surface area is 102 Å². The zero-order valence-electron chi connectivity index (χ0n) is 10.5. The molecule has 0 aliphatic carbocycles. The van der Waals surface area contributed by atoms with Crippen LogP contribution in [0.15, 0.2) is 16.7 Å². The SMILES string of the molecule is CCCCCN(C)Cc1occc1C(=O)NN. The Balaban J connectivity index is 2.50. The first kappa shape index (κ1) is 13.7. The summed E-state index contributed by atoms with van der Waals surface area (Å²) in [7, 11) is 2.02. The molecule has 0 saturated heterocycles. The van der Waals surface area contributed by atoms with Crippen molar-refractivity contribution in [3.8, 4) is 0 Å². The summed E-state index contributed by atoms with van der Waals surface area (Å²) in [6, 6.07) is 1.64. The molecule has 1 rings (SSSR count). The van der Waals surface area contributed by atoms with Crippen LogP contribution in [0.5, 0.6) is 0 Å². The number of carbonyl (C=O) groups is 1. The summed E-state index contributed by atoms with van der Waals surface area (Å²) in [6.45, 7) is 3.80. The lowest BCUT2D eigenvalue weighted by Gasteiger charge is -2.15. The van der Waals surface area contributed by atoms with E-state index < -0.39 is 0 Å². The smallest absolute Gasteiger partial charge is 0.268 e. The van der Waals surface area contributed by atoms with Crippen molar-refractivity contribution in [2.75, 3.05) is 13.6 Å². The minimum absolute atomic E-state index is 0.310. The number of rotatable bonds is 7. The molecule has 96 valence electrons. The zero-order valence-corrected chi connectivity index (χ0v) is 10.5. The van der Waals surface area contributed by atoms with E-state index in [9.17, 15) is 4.79 Å². The van der Waals surface area contributed by atoms with Crippen molar-refractivity contribution in [3.05, 3.63) is 23.7 Å². The number of hydrazine groups is 1. The highest BCUT2D eigenvalue weighted by Crippen LogP contribution is 2.12. The molecule has 0 saturated carbocycles. The minimum Gasteiger partial charge on any atom is -0.467 e. The molecule has 1 amide bonds. The summed E-state index contributed by atoms with van der Waals surface area (Å²) in [5, 5.41) is 0. The Kier molecular flexibility index (Phi) is 5.72. The number of nitrogens with one attached hydrogen (secondary N) is 1. The summed E-state index contributed by atoms with van der Waals surface area (Å²) in [4.78, 5) is 13.6. The van der Waals surface area contributed by atoms with Crippen molar-refractivity contribution in [1.29, 1.82) is 0 Å². The molecular weight excluding hydrogens is 218 g/mol. The van der Waals surface area contributed by atoms with E-state index in [0.717, 1.165) is 13.0 Å². The molecule has 0 fully saturated rings. The van der Waals surface area contributed by atoms with Crippen LogP contribution in [0, 0.1) is 0 Å². The number of amides is 1. The van der Waals surface area contributed by atoms with Gasteiger partial charge >= 0.3 is 0 Å². The molecular formula is C12H21N3O2. The highest BCUT2D eigenvalue weighted by atomic mass is 16.3. The lowest BCUT2D eigenvalue weighted by Crippen LogP contribution is -2.31. The van der Waals surface area contributed by atoms with E-state index in [0.29, 0.717) is 17.9 Å². The fourth-order valence-corrected chi connectivity index (χ4v) is 1.70. The second-order valence-corrected chi connectivity index (χ2v) is 4.18. The first-order valence-electron chi connectivity index (χ1n) is 5.94. The van der Waals surface area contributed by atoms with Gasteiger partial charge in [-0.2, -0.15) is 0 Å². The average Bonchev–Trinajstić information content (AvgIpc) is 2.76.